The zero-order valence-corrected chi connectivity index (χ0v) is 14.6. The van der Waals surface area contributed by atoms with Crippen molar-refractivity contribution in [3.8, 4) is 0 Å². The molecule has 1 heterocycles. The van der Waals surface area contributed by atoms with Gasteiger partial charge in [0.05, 0.1) is 0 Å². The third-order valence-electron chi connectivity index (χ3n) is 4.15. The molecule has 0 saturated heterocycles. The van der Waals surface area contributed by atoms with Crippen molar-refractivity contribution in [3.63, 3.8) is 0 Å². The fourth-order valence-corrected chi connectivity index (χ4v) is 4.99. The number of halogens is 1. The number of nitrogen functional groups attached to an aromatic ring is 1. The molecule has 1 aliphatic carbocycles. The average Bonchev–Trinajstić information content (AvgIpc) is 2.47. The van der Waals surface area contributed by atoms with E-state index in [0.29, 0.717) is 10.4 Å². The normalized spacial score (nSPS) is 23.3. The molecular weight excluding hydrogens is 356 g/mol. The van der Waals surface area contributed by atoms with Crippen LogP contribution in [0, 0.1) is 5.92 Å². The average molecular weight is 377 g/mol. The minimum atomic E-state index is -3.64. The molecule has 1 aliphatic rings. The van der Waals surface area contributed by atoms with Crippen molar-refractivity contribution in [3.05, 3.63) is 16.7 Å². The largest absolute Gasteiger partial charge is 0.307 e. The van der Waals surface area contributed by atoms with Gasteiger partial charge in [-0.3, -0.25) is 0 Å². The van der Waals surface area contributed by atoms with E-state index in [1.165, 1.54) is 23.0 Å². The van der Waals surface area contributed by atoms with Crippen LogP contribution in [0.4, 0.5) is 5.82 Å². The van der Waals surface area contributed by atoms with Crippen LogP contribution in [0.2, 0.25) is 0 Å². The van der Waals surface area contributed by atoms with Crippen molar-refractivity contribution in [1.29, 1.82) is 0 Å². The van der Waals surface area contributed by atoms with Gasteiger partial charge in [0.15, 0.2) is 5.82 Å². The first kappa shape index (κ1) is 16.7. The fraction of sp³-hybridized carbons (Fsp3) is 0.615. The molecule has 2 rings (SSSR count). The Kier molecular flexibility index (Phi) is 5.24. The number of nitrogens with one attached hydrogen (secondary N) is 1. The van der Waals surface area contributed by atoms with E-state index in [2.05, 4.69) is 33.3 Å². The third-order valence-corrected chi connectivity index (χ3v) is 6.48. The molecule has 0 aromatic carbocycles. The highest BCUT2D eigenvalue weighted by Gasteiger charge is 2.34. The van der Waals surface area contributed by atoms with Gasteiger partial charge in [0.1, 0.15) is 4.90 Å². The van der Waals surface area contributed by atoms with Gasteiger partial charge in [-0.2, -0.15) is 4.31 Å². The van der Waals surface area contributed by atoms with Crippen molar-refractivity contribution < 1.29 is 8.42 Å². The first-order chi connectivity index (χ1) is 9.87. The first-order valence-corrected chi connectivity index (χ1v) is 9.21. The van der Waals surface area contributed by atoms with Crippen molar-refractivity contribution in [2.75, 3.05) is 12.5 Å². The van der Waals surface area contributed by atoms with Crippen LogP contribution in [-0.4, -0.2) is 30.8 Å². The molecule has 1 fully saturated rings. The second kappa shape index (κ2) is 6.60. The van der Waals surface area contributed by atoms with Crippen molar-refractivity contribution in [2.24, 2.45) is 11.8 Å². The minimum absolute atomic E-state index is 0.0216. The van der Waals surface area contributed by atoms with Gasteiger partial charge in [-0.15, -0.1) is 0 Å². The van der Waals surface area contributed by atoms with Gasteiger partial charge in [0, 0.05) is 23.8 Å². The van der Waals surface area contributed by atoms with Gasteiger partial charge < -0.3 is 5.43 Å². The Morgan fingerprint density at radius 1 is 1.43 bits per heavy atom. The number of hydrogen-bond donors (Lipinski definition) is 2. The van der Waals surface area contributed by atoms with Crippen LogP contribution in [0.1, 0.15) is 32.6 Å². The first-order valence-electron chi connectivity index (χ1n) is 6.98. The fourth-order valence-electron chi connectivity index (χ4n) is 2.90. The second-order valence-corrected chi connectivity index (χ2v) is 8.38. The molecule has 1 saturated carbocycles. The van der Waals surface area contributed by atoms with Gasteiger partial charge in [0.2, 0.25) is 10.0 Å². The Hall–Kier alpha value is -0.700. The van der Waals surface area contributed by atoms with Gasteiger partial charge in [-0.05, 0) is 40.8 Å². The highest BCUT2D eigenvalue weighted by atomic mass is 79.9. The molecule has 21 heavy (non-hydrogen) atoms. The Balaban J connectivity index is 2.39. The highest BCUT2D eigenvalue weighted by Crippen LogP contribution is 2.32. The molecule has 0 radical (unpaired) electrons. The molecule has 0 amide bonds. The summed E-state index contributed by atoms with van der Waals surface area (Å²) in [6.45, 7) is 2.11. The number of hydrazine groups is 1. The zero-order chi connectivity index (χ0) is 15.6. The SMILES string of the molecule is CC1CCCCC1N(C)S(=O)(=O)c1cc(Br)cnc1NN. The number of anilines is 1. The van der Waals surface area contributed by atoms with Crippen molar-refractivity contribution >= 4 is 31.8 Å². The molecule has 3 N–H and O–H groups in total. The lowest BCUT2D eigenvalue weighted by Crippen LogP contribution is -2.42. The molecule has 6 nitrogen and oxygen atoms in total. The summed E-state index contributed by atoms with van der Waals surface area (Å²) in [5, 5.41) is 0. The minimum Gasteiger partial charge on any atom is -0.307 e. The van der Waals surface area contributed by atoms with Crippen LogP contribution >= 0.6 is 15.9 Å². The van der Waals surface area contributed by atoms with E-state index in [1.54, 1.807) is 7.05 Å². The monoisotopic (exact) mass is 376 g/mol. The van der Waals surface area contributed by atoms with E-state index in [-0.39, 0.29) is 16.8 Å². The Bertz CT molecular complexity index is 608. The standard InChI is InChI=1S/C13H21BrN4O2S/c1-9-5-3-4-6-11(9)18(2)21(19,20)12-7-10(14)8-16-13(12)17-15/h7-9,11H,3-6,15H2,1-2H3,(H,16,17). The molecule has 1 aromatic rings. The highest BCUT2D eigenvalue weighted by molar-refractivity contribution is 9.10. The maximum atomic E-state index is 12.9. The summed E-state index contributed by atoms with van der Waals surface area (Å²) < 4.78 is 27.8. The molecule has 0 bridgehead atoms. The molecule has 0 spiro atoms. The summed E-state index contributed by atoms with van der Waals surface area (Å²) in [7, 11) is -2.00. The summed E-state index contributed by atoms with van der Waals surface area (Å²) in [5.74, 6) is 5.91. The number of nitrogens with two attached hydrogens (primary N) is 1. The van der Waals surface area contributed by atoms with Crippen LogP contribution in [0.3, 0.4) is 0 Å². The molecule has 1 aromatic heterocycles. The predicted octanol–water partition coefficient (Wildman–Crippen LogP) is 2.33. The number of nitrogens with zero attached hydrogens (tertiary/aromatic N) is 2. The van der Waals surface area contributed by atoms with Crippen LogP contribution in [0.25, 0.3) is 0 Å². The molecule has 2 atom stereocenters. The topological polar surface area (TPSA) is 88.3 Å². The lowest BCUT2D eigenvalue weighted by molar-refractivity contribution is 0.213. The maximum absolute atomic E-state index is 12.9. The van der Waals surface area contributed by atoms with Gasteiger partial charge in [0.25, 0.3) is 0 Å². The number of pyridine rings is 1. The summed E-state index contributed by atoms with van der Waals surface area (Å²) in [6.07, 6.45) is 5.69. The molecular formula is C13H21BrN4O2S. The smallest absolute Gasteiger partial charge is 0.246 e. The van der Waals surface area contributed by atoms with Crippen LogP contribution < -0.4 is 11.3 Å². The van der Waals surface area contributed by atoms with Gasteiger partial charge >= 0.3 is 0 Å². The van der Waals surface area contributed by atoms with E-state index in [4.69, 9.17) is 5.84 Å². The van der Waals surface area contributed by atoms with E-state index in [1.807, 2.05) is 0 Å². The lowest BCUT2D eigenvalue weighted by Gasteiger charge is -2.35. The summed E-state index contributed by atoms with van der Waals surface area (Å²) in [5.41, 5.74) is 2.36. The van der Waals surface area contributed by atoms with E-state index in [9.17, 15) is 8.42 Å². The number of rotatable bonds is 4. The summed E-state index contributed by atoms with van der Waals surface area (Å²) in [6, 6.07) is 1.55. The third kappa shape index (κ3) is 3.39. The second-order valence-electron chi connectivity index (χ2n) is 5.49. The molecule has 2 unspecified atom stereocenters. The summed E-state index contributed by atoms with van der Waals surface area (Å²) >= 11 is 3.26. The maximum Gasteiger partial charge on any atom is 0.246 e. The van der Waals surface area contributed by atoms with Crippen LogP contribution in [-0.2, 0) is 10.0 Å². The number of hydrogen-bond acceptors (Lipinski definition) is 5. The molecule has 118 valence electrons. The number of sulfonamides is 1. The van der Waals surface area contributed by atoms with Gasteiger partial charge in [-0.1, -0.05) is 19.8 Å². The lowest BCUT2D eigenvalue weighted by atomic mass is 9.86. The van der Waals surface area contributed by atoms with E-state index in [0.717, 1.165) is 19.3 Å². The Labute approximate surface area is 134 Å². The predicted molar refractivity (Wildman–Crippen MR) is 86.1 cm³/mol. The summed E-state index contributed by atoms with van der Waals surface area (Å²) in [4.78, 5) is 4.12. The van der Waals surface area contributed by atoms with Crippen LogP contribution in [0.15, 0.2) is 21.6 Å². The van der Waals surface area contributed by atoms with Gasteiger partial charge in [-0.25, -0.2) is 19.2 Å². The van der Waals surface area contributed by atoms with Crippen LogP contribution in [0.5, 0.6) is 0 Å². The zero-order valence-electron chi connectivity index (χ0n) is 12.2. The van der Waals surface area contributed by atoms with E-state index < -0.39 is 10.0 Å². The Morgan fingerprint density at radius 2 is 2.10 bits per heavy atom. The number of aromatic nitrogens is 1. The van der Waals surface area contributed by atoms with Crippen molar-refractivity contribution in [1.82, 2.24) is 9.29 Å². The molecule has 0 aliphatic heterocycles. The van der Waals surface area contributed by atoms with Crippen molar-refractivity contribution in [2.45, 2.75) is 43.5 Å². The van der Waals surface area contributed by atoms with E-state index >= 15 is 0 Å². The molecule has 8 heteroatoms. The Morgan fingerprint density at radius 3 is 2.71 bits per heavy atom. The quantitative estimate of drug-likeness (QED) is 0.621.